The second kappa shape index (κ2) is 8.80. The fraction of sp³-hybridized carbons (Fsp3) is 0.318. The number of nitrogens with zero attached hydrogens (tertiary/aromatic N) is 4. The minimum Gasteiger partial charge on any atom is -0.494 e. The van der Waals surface area contributed by atoms with E-state index in [1.54, 1.807) is 30.6 Å². The second-order valence-corrected chi connectivity index (χ2v) is 6.96. The largest absolute Gasteiger partial charge is 0.494 e. The predicted molar refractivity (Wildman–Crippen MR) is 109 cm³/mol. The van der Waals surface area contributed by atoms with Gasteiger partial charge in [0.15, 0.2) is 5.82 Å². The predicted octanol–water partition coefficient (Wildman–Crippen LogP) is 3.16. The average molecular weight is 376 g/mol. The Kier molecular flexibility index (Phi) is 5.77. The summed E-state index contributed by atoms with van der Waals surface area (Å²) in [4.78, 5) is 19.1. The maximum atomic E-state index is 12.4. The molecule has 0 spiro atoms. The summed E-state index contributed by atoms with van der Waals surface area (Å²) in [6, 6.07) is 14.8. The summed E-state index contributed by atoms with van der Waals surface area (Å²) in [5.41, 5.74) is 1.50. The topological polar surface area (TPSA) is 60.2 Å². The van der Waals surface area contributed by atoms with Crippen LogP contribution in [-0.2, 0) is 0 Å². The molecule has 144 valence electrons. The van der Waals surface area contributed by atoms with E-state index in [0.717, 1.165) is 36.4 Å². The summed E-state index contributed by atoms with van der Waals surface area (Å²) in [6.07, 6.45) is 7.01. The lowest BCUT2D eigenvalue weighted by Gasteiger charge is -2.14. The fourth-order valence-electron chi connectivity index (χ4n) is 3.45. The Morgan fingerprint density at radius 1 is 1.00 bits per heavy atom. The molecule has 0 atom stereocenters. The summed E-state index contributed by atoms with van der Waals surface area (Å²) >= 11 is 0. The van der Waals surface area contributed by atoms with Crippen LogP contribution in [0.1, 0.15) is 19.3 Å². The number of rotatable bonds is 7. The van der Waals surface area contributed by atoms with Gasteiger partial charge in [-0.25, -0.2) is 4.98 Å². The van der Waals surface area contributed by atoms with Gasteiger partial charge in [0.25, 0.3) is 5.56 Å². The summed E-state index contributed by atoms with van der Waals surface area (Å²) in [5, 5.41) is 4.25. The van der Waals surface area contributed by atoms with Crippen molar-refractivity contribution in [2.24, 2.45) is 0 Å². The van der Waals surface area contributed by atoms with E-state index in [0.29, 0.717) is 5.82 Å². The van der Waals surface area contributed by atoms with Gasteiger partial charge < -0.3 is 9.64 Å². The summed E-state index contributed by atoms with van der Waals surface area (Å²) in [7, 11) is 0. The van der Waals surface area contributed by atoms with Crippen molar-refractivity contribution in [1.29, 1.82) is 0 Å². The Bertz CT molecular complexity index is 948. The van der Waals surface area contributed by atoms with Crippen LogP contribution < -0.4 is 10.3 Å². The Morgan fingerprint density at radius 2 is 1.82 bits per heavy atom. The zero-order valence-corrected chi connectivity index (χ0v) is 15.8. The zero-order chi connectivity index (χ0) is 19.2. The molecule has 0 aliphatic carbocycles. The molecule has 3 aromatic rings. The van der Waals surface area contributed by atoms with E-state index in [1.165, 1.54) is 30.6 Å². The lowest BCUT2D eigenvalue weighted by molar-refractivity contribution is 0.263. The van der Waals surface area contributed by atoms with Gasteiger partial charge in [-0.05, 0) is 62.2 Å². The van der Waals surface area contributed by atoms with Gasteiger partial charge >= 0.3 is 0 Å². The molecule has 3 heterocycles. The van der Waals surface area contributed by atoms with Crippen LogP contribution in [0.4, 0.5) is 0 Å². The molecule has 4 rings (SSSR count). The first kappa shape index (κ1) is 18.4. The first-order chi connectivity index (χ1) is 13.8. The van der Waals surface area contributed by atoms with E-state index in [-0.39, 0.29) is 5.56 Å². The molecule has 0 bridgehead atoms. The average Bonchev–Trinajstić information content (AvgIpc) is 3.26. The number of hydrogen-bond donors (Lipinski definition) is 0. The highest BCUT2D eigenvalue weighted by atomic mass is 16.5. The molecular formula is C22H24N4O2. The molecule has 0 saturated carbocycles. The Balaban J connectivity index is 1.37. The summed E-state index contributed by atoms with van der Waals surface area (Å²) in [6.45, 7) is 4.28. The quantitative estimate of drug-likeness (QED) is 0.593. The van der Waals surface area contributed by atoms with Gasteiger partial charge in [-0.3, -0.25) is 4.79 Å². The number of benzene rings is 1. The fourth-order valence-corrected chi connectivity index (χ4v) is 3.45. The molecule has 0 radical (unpaired) electrons. The van der Waals surface area contributed by atoms with Crippen molar-refractivity contribution in [1.82, 2.24) is 19.7 Å². The zero-order valence-electron chi connectivity index (χ0n) is 15.8. The van der Waals surface area contributed by atoms with Crippen molar-refractivity contribution in [3.8, 4) is 22.7 Å². The molecule has 28 heavy (non-hydrogen) atoms. The third-order valence-electron chi connectivity index (χ3n) is 4.94. The van der Waals surface area contributed by atoms with Crippen molar-refractivity contribution in [2.75, 3.05) is 26.2 Å². The van der Waals surface area contributed by atoms with Crippen molar-refractivity contribution in [3.63, 3.8) is 0 Å². The Hall–Kier alpha value is -2.99. The van der Waals surface area contributed by atoms with E-state index in [2.05, 4.69) is 15.0 Å². The number of ether oxygens (including phenoxy) is 1. The highest BCUT2D eigenvalue weighted by Gasteiger charge is 2.10. The minimum absolute atomic E-state index is 0.210. The smallest absolute Gasteiger partial charge is 0.273 e. The van der Waals surface area contributed by atoms with Crippen molar-refractivity contribution in [2.45, 2.75) is 19.3 Å². The normalized spacial score (nSPS) is 14.3. The Morgan fingerprint density at radius 3 is 2.54 bits per heavy atom. The van der Waals surface area contributed by atoms with Crippen molar-refractivity contribution < 1.29 is 4.74 Å². The molecule has 1 saturated heterocycles. The number of likely N-dealkylation sites (tertiary alicyclic amines) is 1. The third-order valence-corrected chi connectivity index (χ3v) is 4.94. The number of pyridine rings is 1. The van der Waals surface area contributed by atoms with Gasteiger partial charge in [0.05, 0.1) is 12.8 Å². The SMILES string of the molecule is O=c1cc(-c2ccc(OCCCN3CCCC3)cc2)cnn1-c1ccccn1. The number of hydrogen-bond acceptors (Lipinski definition) is 5. The third kappa shape index (κ3) is 4.46. The Labute approximate surface area is 164 Å². The maximum absolute atomic E-state index is 12.4. The van der Waals surface area contributed by atoms with Crippen LogP contribution in [0.15, 0.2) is 65.7 Å². The first-order valence-electron chi connectivity index (χ1n) is 9.76. The van der Waals surface area contributed by atoms with Crippen molar-refractivity contribution in [3.05, 3.63) is 71.3 Å². The van der Waals surface area contributed by atoms with Crippen LogP contribution in [0.5, 0.6) is 5.75 Å². The second-order valence-electron chi connectivity index (χ2n) is 6.96. The highest BCUT2D eigenvalue weighted by molar-refractivity contribution is 5.62. The molecule has 1 aliphatic heterocycles. The summed E-state index contributed by atoms with van der Waals surface area (Å²) < 4.78 is 7.13. The molecule has 0 amide bonds. The lowest BCUT2D eigenvalue weighted by Crippen LogP contribution is -2.21. The van der Waals surface area contributed by atoms with Crippen LogP contribution in [0, 0.1) is 0 Å². The van der Waals surface area contributed by atoms with Crippen LogP contribution in [0.25, 0.3) is 16.9 Å². The van der Waals surface area contributed by atoms with Gasteiger partial charge in [0.1, 0.15) is 5.75 Å². The van der Waals surface area contributed by atoms with Gasteiger partial charge in [-0.15, -0.1) is 0 Å². The van der Waals surface area contributed by atoms with E-state index in [9.17, 15) is 4.79 Å². The molecule has 6 nitrogen and oxygen atoms in total. The van der Waals surface area contributed by atoms with Gasteiger partial charge in [-0.1, -0.05) is 18.2 Å². The standard InChI is InChI=1S/C22H24N4O2/c27-22-16-19(17-24-26(22)21-6-1-2-11-23-21)18-7-9-20(10-8-18)28-15-5-14-25-12-3-4-13-25/h1-2,6-11,16-17H,3-5,12-15H2. The van der Waals surface area contributed by atoms with E-state index in [4.69, 9.17) is 4.74 Å². The lowest BCUT2D eigenvalue weighted by atomic mass is 10.1. The summed E-state index contributed by atoms with van der Waals surface area (Å²) in [5.74, 6) is 1.36. The van der Waals surface area contributed by atoms with E-state index >= 15 is 0 Å². The molecule has 0 unspecified atom stereocenters. The molecule has 6 heteroatoms. The molecule has 1 fully saturated rings. The molecular weight excluding hydrogens is 352 g/mol. The maximum Gasteiger partial charge on any atom is 0.273 e. The van der Waals surface area contributed by atoms with Crippen LogP contribution in [0.3, 0.4) is 0 Å². The van der Waals surface area contributed by atoms with Gasteiger partial charge in [-0.2, -0.15) is 9.78 Å². The molecule has 2 aromatic heterocycles. The van der Waals surface area contributed by atoms with E-state index < -0.39 is 0 Å². The first-order valence-corrected chi connectivity index (χ1v) is 9.76. The molecule has 0 N–H and O–H groups in total. The van der Waals surface area contributed by atoms with Gasteiger partial charge in [0, 0.05) is 24.4 Å². The number of aromatic nitrogens is 3. The van der Waals surface area contributed by atoms with Crippen LogP contribution in [-0.4, -0.2) is 45.9 Å². The molecule has 1 aliphatic rings. The van der Waals surface area contributed by atoms with Crippen LogP contribution in [0.2, 0.25) is 0 Å². The monoisotopic (exact) mass is 376 g/mol. The minimum atomic E-state index is -0.210. The van der Waals surface area contributed by atoms with Crippen molar-refractivity contribution >= 4 is 0 Å². The van der Waals surface area contributed by atoms with Gasteiger partial charge in [0.2, 0.25) is 0 Å². The van der Waals surface area contributed by atoms with E-state index in [1.807, 2.05) is 30.3 Å². The van der Waals surface area contributed by atoms with Crippen LogP contribution >= 0.6 is 0 Å². The highest BCUT2D eigenvalue weighted by Crippen LogP contribution is 2.21. The molecule has 1 aromatic carbocycles.